The van der Waals surface area contributed by atoms with Crippen molar-refractivity contribution in [3.05, 3.63) is 41.9 Å². The minimum Gasteiger partial charge on any atom is -0.396 e. The fraction of sp³-hybridized carbons (Fsp3) is 0.565. The number of nitrogens with zero attached hydrogens (tertiary/aromatic N) is 1. The summed E-state index contributed by atoms with van der Waals surface area (Å²) in [5, 5.41) is 12.9. The van der Waals surface area contributed by atoms with Crippen LogP contribution in [0.15, 0.2) is 30.5 Å². The normalized spacial score (nSPS) is 21.3. The first-order chi connectivity index (χ1) is 13.3. The Morgan fingerprint density at radius 2 is 1.93 bits per heavy atom. The van der Waals surface area contributed by atoms with Crippen LogP contribution in [0.4, 0.5) is 0 Å². The lowest BCUT2D eigenvalue weighted by Gasteiger charge is -2.34. The Bertz CT molecular complexity index is 789. The number of nitrogens with one attached hydrogen (secondary N) is 2. The highest BCUT2D eigenvalue weighted by atomic mass is 16.3. The number of amides is 1. The van der Waals surface area contributed by atoms with Gasteiger partial charge in [0.05, 0.1) is 11.7 Å². The van der Waals surface area contributed by atoms with E-state index in [-0.39, 0.29) is 35.8 Å². The van der Waals surface area contributed by atoms with Crippen LogP contribution in [-0.2, 0) is 4.79 Å². The molecule has 1 aromatic carbocycles. The van der Waals surface area contributed by atoms with Crippen molar-refractivity contribution in [3.8, 4) is 11.3 Å². The highest BCUT2D eigenvalue weighted by molar-refractivity contribution is 5.79. The molecule has 3 N–H and O–H groups in total. The molecule has 0 saturated heterocycles. The van der Waals surface area contributed by atoms with Gasteiger partial charge in [-0.15, -0.1) is 0 Å². The van der Waals surface area contributed by atoms with Gasteiger partial charge in [0.2, 0.25) is 5.91 Å². The second kappa shape index (κ2) is 8.48. The summed E-state index contributed by atoms with van der Waals surface area (Å²) >= 11 is 0. The molecule has 0 spiro atoms. The Labute approximate surface area is 168 Å². The van der Waals surface area contributed by atoms with Gasteiger partial charge in [0.1, 0.15) is 5.82 Å². The van der Waals surface area contributed by atoms with E-state index in [1.165, 1.54) is 5.56 Å². The van der Waals surface area contributed by atoms with Crippen LogP contribution in [0.2, 0.25) is 0 Å². The maximum Gasteiger partial charge on any atom is 0.224 e. The maximum absolute atomic E-state index is 13.0. The van der Waals surface area contributed by atoms with Crippen LogP contribution < -0.4 is 5.32 Å². The molecule has 1 saturated carbocycles. The van der Waals surface area contributed by atoms with Gasteiger partial charge in [0.25, 0.3) is 0 Å². The van der Waals surface area contributed by atoms with Crippen molar-refractivity contribution >= 4 is 5.91 Å². The molecule has 5 nitrogen and oxygen atoms in total. The number of aliphatic hydroxyl groups excluding tert-OH is 1. The number of imidazole rings is 1. The summed E-state index contributed by atoms with van der Waals surface area (Å²) in [5.41, 5.74) is 2.95. The van der Waals surface area contributed by atoms with Gasteiger partial charge in [0, 0.05) is 24.3 Å². The van der Waals surface area contributed by atoms with Crippen molar-refractivity contribution in [2.24, 2.45) is 17.3 Å². The van der Waals surface area contributed by atoms with Crippen LogP contribution in [0, 0.1) is 24.2 Å². The number of aromatic amines is 1. The van der Waals surface area contributed by atoms with Gasteiger partial charge in [-0.05, 0) is 31.1 Å². The molecule has 1 aromatic heterocycles. The van der Waals surface area contributed by atoms with Crippen LogP contribution in [0.3, 0.4) is 0 Å². The maximum atomic E-state index is 13.0. The van der Waals surface area contributed by atoms with Gasteiger partial charge in [-0.3, -0.25) is 4.79 Å². The number of carbonyl (C=O) groups excluding carboxylic acids is 1. The van der Waals surface area contributed by atoms with E-state index in [1.807, 2.05) is 6.20 Å². The molecule has 2 aromatic rings. The third-order valence-electron chi connectivity index (χ3n) is 5.85. The van der Waals surface area contributed by atoms with Gasteiger partial charge >= 0.3 is 0 Å². The van der Waals surface area contributed by atoms with E-state index >= 15 is 0 Å². The number of H-pyrrole nitrogens is 1. The zero-order valence-corrected chi connectivity index (χ0v) is 17.5. The second-order valence-corrected chi connectivity index (χ2v) is 9.18. The van der Waals surface area contributed by atoms with E-state index < -0.39 is 0 Å². The van der Waals surface area contributed by atoms with E-state index in [4.69, 9.17) is 4.98 Å². The molecule has 3 atom stereocenters. The summed E-state index contributed by atoms with van der Waals surface area (Å²) in [6.45, 7) is 8.47. The number of carbonyl (C=O) groups is 1. The first-order valence-electron chi connectivity index (χ1n) is 10.3. The molecule has 0 aliphatic heterocycles. The SMILES string of the molecule is Cc1ccc(-c2c[nH]c([C@@H](NC(=O)C3CCCCC3CO)C(C)(C)C)n2)cc1. The molecule has 1 aliphatic rings. The molecule has 5 heteroatoms. The van der Waals surface area contributed by atoms with E-state index in [2.05, 4.69) is 62.3 Å². The van der Waals surface area contributed by atoms with Crippen molar-refractivity contribution in [1.29, 1.82) is 0 Å². The Balaban J connectivity index is 1.81. The molecular weight excluding hydrogens is 350 g/mol. The molecule has 0 bridgehead atoms. The highest BCUT2D eigenvalue weighted by Gasteiger charge is 2.36. The average molecular weight is 384 g/mol. The molecule has 0 radical (unpaired) electrons. The molecule has 1 aliphatic carbocycles. The number of benzene rings is 1. The van der Waals surface area contributed by atoms with Gasteiger partial charge in [-0.25, -0.2) is 4.98 Å². The predicted octanol–water partition coefficient (Wildman–Crippen LogP) is 4.39. The smallest absolute Gasteiger partial charge is 0.224 e. The molecule has 2 unspecified atom stereocenters. The van der Waals surface area contributed by atoms with Crippen LogP contribution >= 0.6 is 0 Å². The summed E-state index contributed by atoms with van der Waals surface area (Å²) in [6, 6.07) is 8.05. The van der Waals surface area contributed by atoms with Crippen LogP contribution in [0.1, 0.15) is 63.9 Å². The zero-order chi connectivity index (χ0) is 20.3. The lowest BCUT2D eigenvalue weighted by atomic mass is 9.78. The number of hydrogen-bond acceptors (Lipinski definition) is 3. The van der Waals surface area contributed by atoms with Crippen molar-refractivity contribution in [1.82, 2.24) is 15.3 Å². The first-order valence-corrected chi connectivity index (χ1v) is 10.3. The van der Waals surface area contributed by atoms with Gasteiger partial charge in [-0.1, -0.05) is 63.4 Å². The molecule has 28 heavy (non-hydrogen) atoms. The summed E-state index contributed by atoms with van der Waals surface area (Å²) in [5.74, 6) is 0.754. The van der Waals surface area contributed by atoms with Crippen LogP contribution in [0.25, 0.3) is 11.3 Å². The van der Waals surface area contributed by atoms with Crippen molar-refractivity contribution in [3.63, 3.8) is 0 Å². The van der Waals surface area contributed by atoms with E-state index in [0.717, 1.165) is 42.8 Å². The second-order valence-electron chi connectivity index (χ2n) is 9.18. The summed E-state index contributed by atoms with van der Waals surface area (Å²) in [7, 11) is 0. The summed E-state index contributed by atoms with van der Waals surface area (Å²) in [6.07, 6.45) is 5.82. The third-order valence-corrected chi connectivity index (χ3v) is 5.85. The molecule has 152 valence electrons. The van der Waals surface area contributed by atoms with Gasteiger partial charge in [-0.2, -0.15) is 0 Å². The largest absolute Gasteiger partial charge is 0.396 e. The van der Waals surface area contributed by atoms with E-state index in [9.17, 15) is 9.90 Å². The lowest BCUT2D eigenvalue weighted by molar-refractivity contribution is -0.130. The number of hydrogen-bond donors (Lipinski definition) is 3. The number of aromatic nitrogens is 2. The molecule has 1 heterocycles. The van der Waals surface area contributed by atoms with E-state index in [1.54, 1.807) is 0 Å². The van der Waals surface area contributed by atoms with Crippen LogP contribution in [-0.4, -0.2) is 27.6 Å². The van der Waals surface area contributed by atoms with Gasteiger partial charge < -0.3 is 15.4 Å². The Morgan fingerprint density at radius 3 is 2.57 bits per heavy atom. The summed E-state index contributed by atoms with van der Waals surface area (Å²) < 4.78 is 0. The third kappa shape index (κ3) is 4.64. The van der Waals surface area contributed by atoms with Gasteiger partial charge in [0.15, 0.2) is 0 Å². The highest BCUT2D eigenvalue weighted by Crippen LogP contribution is 2.35. The van der Waals surface area contributed by atoms with Crippen molar-refractivity contribution in [2.75, 3.05) is 6.61 Å². The first kappa shape index (κ1) is 20.6. The minimum atomic E-state index is -0.222. The summed E-state index contributed by atoms with van der Waals surface area (Å²) in [4.78, 5) is 21.1. The molecule has 1 fully saturated rings. The zero-order valence-electron chi connectivity index (χ0n) is 17.5. The predicted molar refractivity (Wildman–Crippen MR) is 112 cm³/mol. The number of aryl methyl sites for hydroxylation is 1. The Hall–Kier alpha value is -2.14. The standard InChI is InChI=1S/C23H33N3O2/c1-15-9-11-16(12-10-15)19-13-24-21(25-19)20(23(2,3)4)26-22(28)18-8-6-5-7-17(18)14-27/h9-13,17-18,20,27H,5-8,14H2,1-4H3,(H,24,25)(H,26,28)/t17?,18?,20-/m1/s1. The lowest BCUT2D eigenvalue weighted by Crippen LogP contribution is -2.43. The Morgan fingerprint density at radius 1 is 1.25 bits per heavy atom. The van der Waals surface area contributed by atoms with Crippen LogP contribution in [0.5, 0.6) is 0 Å². The minimum absolute atomic E-state index is 0.0342. The van der Waals surface area contributed by atoms with Crippen molar-refractivity contribution < 1.29 is 9.90 Å². The Kier molecular flexibility index (Phi) is 6.23. The topological polar surface area (TPSA) is 78.0 Å². The molecule has 3 rings (SSSR count). The fourth-order valence-corrected chi connectivity index (χ4v) is 4.07. The molecular formula is C23H33N3O2. The van der Waals surface area contributed by atoms with Crippen molar-refractivity contribution in [2.45, 2.75) is 59.4 Å². The fourth-order valence-electron chi connectivity index (χ4n) is 4.07. The average Bonchev–Trinajstić information content (AvgIpc) is 3.15. The molecule has 1 amide bonds. The monoisotopic (exact) mass is 383 g/mol. The number of aliphatic hydroxyl groups is 1. The van der Waals surface area contributed by atoms with E-state index in [0.29, 0.717) is 0 Å². The number of rotatable bonds is 5. The quantitative estimate of drug-likeness (QED) is 0.717.